The number of ether oxygens (including phenoxy) is 1. The van der Waals surface area contributed by atoms with E-state index in [1.165, 1.54) is 36.1 Å². The molecule has 2 aromatic carbocycles. The molecule has 1 aliphatic rings. The monoisotopic (exact) mass is 481 g/mol. The first kappa shape index (κ1) is 23.6. The fourth-order valence-electron chi connectivity index (χ4n) is 4.15. The summed E-state index contributed by atoms with van der Waals surface area (Å²) in [6, 6.07) is 10.1. The lowest BCUT2D eigenvalue weighted by Gasteiger charge is -2.36. The molecule has 1 aliphatic heterocycles. The predicted molar refractivity (Wildman–Crippen MR) is 121 cm³/mol. The Morgan fingerprint density at radius 3 is 2.66 bits per heavy atom. The van der Waals surface area contributed by atoms with Gasteiger partial charge in [-0.2, -0.15) is 18.4 Å². The molecule has 0 fully saturated rings. The van der Waals surface area contributed by atoms with Crippen LogP contribution in [0.2, 0.25) is 0 Å². The van der Waals surface area contributed by atoms with Gasteiger partial charge in [0, 0.05) is 11.4 Å². The summed E-state index contributed by atoms with van der Waals surface area (Å²) in [7, 11) is 1.16. The van der Waals surface area contributed by atoms with Crippen LogP contribution in [0.3, 0.4) is 0 Å². The molecule has 4 rings (SSSR count). The van der Waals surface area contributed by atoms with Crippen LogP contribution in [-0.2, 0) is 15.7 Å². The maximum Gasteiger partial charge on any atom is 0.416 e. The summed E-state index contributed by atoms with van der Waals surface area (Å²) >= 11 is 0. The Morgan fingerprint density at radius 1 is 1.29 bits per heavy atom. The molecule has 11 heteroatoms. The fourth-order valence-corrected chi connectivity index (χ4v) is 4.15. The van der Waals surface area contributed by atoms with Gasteiger partial charge in [-0.3, -0.25) is 4.90 Å². The van der Waals surface area contributed by atoms with Gasteiger partial charge in [-0.05, 0) is 48.4 Å². The number of methoxy groups -OCH3 is 1. The first-order valence-electron chi connectivity index (χ1n) is 10.2. The van der Waals surface area contributed by atoms with Crippen molar-refractivity contribution in [3.63, 3.8) is 0 Å². The molecule has 0 radical (unpaired) electrons. The number of alkyl halides is 3. The molecule has 1 N–H and O–H groups in total. The third kappa shape index (κ3) is 3.89. The van der Waals surface area contributed by atoms with Gasteiger partial charge < -0.3 is 4.74 Å². The van der Waals surface area contributed by atoms with E-state index in [0.29, 0.717) is 16.7 Å². The molecule has 8 nitrogen and oxygen atoms in total. The van der Waals surface area contributed by atoms with Crippen molar-refractivity contribution < 1.29 is 22.7 Å². The number of nitrogens with zero attached hydrogens (tertiary/aromatic N) is 4. The van der Waals surface area contributed by atoms with Crippen LogP contribution in [0.5, 0.6) is 0 Å². The van der Waals surface area contributed by atoms with E-state index in [0.717, 1.165) is 23.8 Å². The van der Waals surface area contributed by atoms with Crippen LogP contribution in [0.1, 0.15) is 35.2 Å². The number of hydrogen-bond acceptors (Lipinski definition) is 6. The van der Waals surface area contributed by atoms with Gasteiger partial charge in [0.15, 0.2) is 0 Å². The minimum Gasteiger partial charge on any atom is -0.466 e. The fraction of sp³-hybridized carbons (Fsp3) is 0.167. The van der Waals surface area contributed by atoms with E-state index in [4.69, 9.17) is 4.74 Å². The largest absolute Gasteiger partial charge is 0.466 e. The maximum atomic E-state index is 13.4. The number of nitrogens with one attached hydrogen (secondary N) is 1. The number of carbonyl (C=O) groups is 1. The highest BCUT2D eigenvalue weighted by Crippen LogP contribution is 2.43. The van der Waals surface area contributed by atoms with E-state index in [1.54, 1.807) is 12.1 Å². The normalized spacial score (nSPS) is 15.4. The lowest BCUT2D eigenvalue weighted by molar-refractivity contribution is -0.138. The lowest BCUT2D eigenvalue weighted by Crippen LogP contribution is -2.38. The van der Waals surface area contributed by atoms with Crippen molar-refractivity contribution in [1.29, 1.82) is 5.26 Å². The summed E-state index contributed by atoms with van der Waals surface area (Å²) in [4.78, 5) is 27.2. The summed E-state index contributed by atoms with van der Waals surface area (Å²) in [5.41, 5.74) is -0.0700. The number of H-pyrrole nitrogens is 1. The molecule has 0 unspecified atom stereocenters. The zero-order valence-corrected chi connectivity index (χ0v) is 18.6. The Labute approximate surface area is 197 Å². The number of fused-ring (bicyclic) bond motifs is 1. The Bertz CT molecular complexity index is 1480. The summed E-state index contributed by atoms with van der Waals surface area (Å²) in [6.45, 7) is 5.29. The number of benzene rings is 2. The summed E-state index contributed by atoms with van der Waals surface area (Å²) in [5.74, 6) is -0.813. The highest BCUT2D eigenvalue weighted by Gasteiger charge is 2.40. The second kappa shape index (κ2) is 8.64. The molecule has 1 aromatic heterocycles. The molecule has 0 amide bonds. The topological polar surface area (TPSA) is 104 Å². The van der Waals surface area contributed by atoms with E-state index in [-0.39, 0.29) is 22.9 Å². The molecule has 0 aliphatic carbocycles. The molecule has 3 aromatic rings. The number of allylic oxidation sites excluding steroid dienone is 1. The lowest BCUT2D eigenvalue weighted by atomic mass is 9.90. The molecule has 0 spiro atoms. The zero-order valence-electron chi connectivity index (χ0n) is 18.6. The van der Waals surface area contributed by atoms with Gasteiger partial charge in [0.2, 0.25) is 5.95 Å². The smallest absolute Gasteiger partial charge is 0.416 e. The van der Waals surface area contributed by atoms with Crippen LogP contribution >= 0.6 is 0 Å². The van der Waals surface area contributed by atoms with Crippen molar-refractivity contribution in [1.82, 2.24) is 14.8 Å². The molecular formula is C24H18F3N5O3. The van der Waals surface area contributed by atoms with Crippen molar-refractivity contribution in [3.05, 3.63) is 93.1 Å². The van der Waals surface area contributed by atoms with Crippen molar-refractivity contribution in [2.45, 2.75) is 19.1 Å². The van der Waals surface area contributed by atoms with Gasteiger partial charge >= 0.3 is 17.8 Å². The second-order valence-electron chi connectivity index (χ2n) is 7.64. The average Bonchev–Trinajstić information content (AvgIpc) is 3.22. The molecule has 35 heavy (non-hydrogen) atoms. The standard InChI is InChI=1S/C24H18F3N5O3/c1-4-15-10-14(12-28)8-9-18(15)20-19(21(33)35-3)13(2)31(22-29-30-23(34)32(20)22)17-7-5-6-16(11-17)24(25,26)27/h4-11,20H,1H2,2-3H3,(H,30,34)/t20-/m1/s1. The number of aromatic amines is 1. The van der Waals surface area contributed by atoms with E-state index in [2.05, 4.69) is 16.8 Å². The number of halogens is 3. The highest BCUT2D eigenvalue weighted by molar-refractivity contribution is 5.94. The number of rotatable bonds is 4. The first-order valence-corrected chi connectivity index (χ1v) is 10.2. The van der Waals surface area contributed by atoms with E-state index in [9.17, 15) is 28.0 Å². The van der Waals surface area contributed by atoms with E-state index >= 15 is 0 Å². The molecule has 0 saturated carbocycles. The first-order chi connectivity index (χ1) is 16.6. The van der Waals surface area contributed by atoms with Crippen molar-refractivity contribution in [2.75, 3.05) is 12.0 Å². The SMILES string of the molecule is C=Cc1cc(C#N)ccc1[C@@H]1C(C(=O)OC)=C(C)N(c2cccc(C(F)(F)F)c2)c2n[nH]c(=O)n21. The van der Waals surface area contributed by atoms with E-state index in [1.807, 2.05) is 6.07 Å². The van der Waals surface area contributed by atoms with Crippen LogP contribution in [0.25, 0.3) is 6.08 Å². The molecule has 0 bridgehead atoms. The molecule has 2 heterocycles. The molecule has 1 atom stereocenters. The van der Waals surface area contributed by atoms with Gasteiger partial charge in [0.25, 0.3) is 0 Å². The van der Waals surface area contributed by atoms with Crippen LogP contribution < -0.4 is 10.6 Å². The van der Waals surface area contributed by atoms with Gasteiger partial charge in [-0.1, -0.05) is 24.8 Å². The Kier molecular flexibility index (Phi) is 5.82. The number of anilines is 2. The second-order valence-corrected chi connectivity index (χ2v) is 7.64. The van der Waals surface area contributed by atoms with Gasteiger partial charge in [-0.25, -0.2) is 19.3 Å². The number of esters is 1. The zero-order chi connectivity index (χ0) is 25.5. The Morgan fingerprint density at radius 2 is 2.03 bits per heavy atom. The Balaban J connectivity index is 2.04. The average molecular weight is 481 g/mol. The van der Waals surface area contributed by atoms with Gasteiger partial charge in [0.05, 0.1) is 29.9 Å². The maximum absolute atomic E-state index is 13.4. The van der Waals surface area contributed by atoms with Crippen LogP contribution in [0, 0.1) is 11.3 Å². The highest BCUT2D eigenvalue weighted by atomic mass is 19.4. The summed E-state index contributed by atoms with van der Waals surface area (Å²) in [5, 5.41) is 15.6. The van der Waals surface area contributed by atoms with Crippen LogP contribution in [-0.4, -0.2) is 27.8 Å². The molecular weight excluding hydrogens is 463 g/mol. The quantitative estimate of drug-likeness (QED) is 0.558. The number of nitriles is 1. The van der Waals surface area contributed by atoms with Crippen molar-refractivity contribution >= 4 is 23.7 Å². The number of hydrogen-bond donors (Lipinski definition) is 1. The predicted octanol–water partition coefficient (Wildman–Crippen LogP) is 4.29. The number of carbonyl (C=O) groups excluding carboxylic acids is 1. The molecule has 0 saturated heterocycles. The van der Waals surface area contributed by atoms with Crippen LogP contribution in [0.15, 0.2) is 65.1 Å². The van der Waals surface area contributed by atoms with Crippen molar-refractivity contribution in [3.8, 4) is 6.07 Å². The third-order valence-electron chi connectivity index (χ3n) is 5.71. The minimum absolute atomic E-state index is 0.00807. The Hall–Kier alpha value is -4.59. The summed E-state index contributed by atoms with van der Waals surface area (Å²) < 4.78 is 46.4. The van der Waals surface area contributed by atoms with E-state index < -0.39 is 29.4 Å². The summed E-state index contributed by atoms with van der Waals surface area (Å²) in [6.07, 6.45) is -3.13. The van der Waals surface area contributed by atoms with Crippen molar-refractivity contribution in [2.24, 2.45) is 0 Å². The molecule has 178 valence electrons. The number of aromatic nitrogens is 3. The van der Waals surface area contributed by atoms with Gasteiger partial charge in [0.1, 0.15) is 6.04 Å². The minimum atomic E-state index is -4.61. The van der Waals surface area contributed by atoms with Crippen LogP contribution in [0.4, 0.5) is 24.8 Å². The van der Waals surface area contributed by atoms with Gasteiger partial charge in [-0.15, -0.1) is 5.10 Å². The third-order valence-corrected chi connectivity index (χ3v) is 5.71.